The molecule has 1 amide bonds. The molecule has 0 bridgehead atoms. The molecule has 1 N–H and O–H groups in total. The number of hydrogen-bond donors (Lipinski definition) is 1. The van der Waals surface area contributed by atoms with Crippen LogP contribution in [0, 0.1) is 5.41 Å². The van der Waals surface area contributed by atoms with Crippen molar-refractivity contribution in [2.75, 3.05) is 7.11 Å². The molecular formula is C20H18ClN5O2S. The van der Waals surface area contributed by atoms with E-state index in [9.17, 15) is 4.79 Å². The topological polar surface area (TPSA) is 83.0 Å². The van der Waals surface area contributed by atoms with Crippen LogP contribution in [0.25, 0.3) is 11.8 Å². The van der Waals surface area contributed by atoms with E-state index in [1.54, 1.807) is 25.3 Å². The predicted octanol–water partition coefficient (Wildman–Crippen LogP) is 4.56. The number of aromatic nitrogens is 1. The number of thioether (sulfide) groups is 1. The minimum Gasteiger partial charge on any atom is -0.495 e. The van der Waals surface area contributed by atoms with Gasteiger partial charge < -0.3 is 9.30 Å². The van der Waals surface area contributed by atoms with Gasteiger partial charge in [0.25, 0.3) is 5.91 Å². The number of fused-ring (bicyclic) bond motifs is 1. The third kappa shape index (κ3) is 3.61. The van der Waals surface area contributed by atoms with Crippen LogP contribution in [0.4, 0.5) is 0 Å². The molecule has 148 valence electrons. The number of amidine groups is 2. The number of methoxy groups -OCH3 is 1. The van der Waals surface area contributed by atoms with Gasteiger partial charge in [0.15, 0.2) is 5.84 Å². The van der Waals surface area contributed by atoms with Crippen LogP contribution >= 0.6 is 23.4 Å². The first kappa shape index (κ1) is 19.5. The largest absolute Gasteiger partial charge is 0.495 e. The summed E-state index contributed by atoms with van der Waals surface area (Å²) in [6.45, 7) is 2.06. The average Bonchev–Trinajstić information content (AvgIpc) is 3.32. The molecule has 1 aromatic heterocycles. The maximum atomic E-state index is 12.6. The lowest BCUT2D eigenvalue weighted by molar-refractivity contribution is -0.114. The van der Waals surface area contributed by atoms with E-state index in [0.717, 1.165) is 29.3 Å². The molecule has 0 saturated heterocycles. The molecule has 0 radical (unpaired) electrons. The number of amides is 1. The third-order valence-corrected chi connectivity index (χ3v) is 5.71. The van der Waals surface area contributed by atoms with E-state index >= 15 is 0 Å². The number of ether oxygens (including phenoxy) is 1. The van der Waals surface area contributed by atoms with Gasteiger partial charge >= 0.3 is 0 Å². The zero-order valence-corrected chi connectivity index (χ0v) is 17.4. The van der Waals surface area contributed by atoms with E-state index in [2.05, 4.69) is 17.0 Å². The fourth-order valence-electron chi connectivity index (χ4n) is 3.05. The quantitative estimate of drug-likeness (QED) is 0.709. The Morgan fingerprint density at radius 1 is 1.34 bits per heavy atom. The number of halogens is 1. The summed E-state index contributed by atoms with van der Waals surface area (Å²) in [6, 6.07) is 9.15. The molecule has 9 heteroatoms. The summed E-state index contributed by atoms with van der Waals surface area (Å²) >= 11 is 7.60. The number of hydrazone groups is 1. The van der Waals surface area contributed by atoms with Gasteiger partial charge in [0, 0.05) is 17.6 Å². The smallest absolute Gasteiger partial charge is 0.283 e. The zero-order chi connectivity index (χ0) is 20.5. The number of nitrogens with one attached hydrogen (secondary N) is 1. The molecule has 0 aliphatic carbocycles. The second-order valence-electron chi connectivity index (χ2n) is 6.39. The van der Waals surface area contributed by atoms with Crippen LogP contribution in [0.1, 0.15) is 25.5 Å². The Labute approximate surface area is 177 Å². The summed E-state index contributed by atoms with van der Waals surface area (Å²) in [5, 5.41) is 16.1. The molecular weight excluding hydrogens is 410 g/mol. The number of carbonyl (C=O) groups is 1. The number of rotatable bonds is 5. The van der Waals surface area contributed by atoms with Crippen LogP contribution in [0.5, 0.6) is 5.75 Å². The first-order valence-electron chi connectivity index (χ1n) is 9.02. The van der Waals surface area contributed by atoms with E-state index < -0.39 is 5.91 Å². The lowest BCUT2D eigenvalue weighted by atomic mass is 10.1. The van der Waals surface area contributed by atoms with Crippen molar-refractivity contribution < 1.29 is 9.53 Å². The first-order chi connectivity index (χ1) is 14.0. The van der Waals surface area contributed by atoms with Gasteiger partial charge in [-0.25, -0.2) is 0 Å². The molecule has 0 saturated carbocycles. The minimum absolute atomic E-state index is 0.0270. The lowest BCUT2D eigenvalue weighted by Crippen LogP contribution is -2.35. The van der Waals surface area contributed by atoms with Gasteiger partial charge in [0.2, 0.25) is 5.17 Å². The highest BCUT2D eigenvalue weighted by molar-refractivity contribution is 8.26. The highest BCUT2D eigenvalue weighted by Crippen LogP contribution is 2.31. The van der Waals surface area contributed by atoms with Crippen molar-refractivity contribution in [3.05, 3.63) is 52.8 Å². The Balaban J connectivity index is 1.70. The molecule has 2 aliphatic rings. The first-order valence-corrected chi connectivity index (χ1v) is 10.2. The SMILES string of the molecule is CCCC1=NN2C(=N)/C(=C/c3cccn3-c3ccc(OC)c(Cl)c3)C(=O)N=C2S1. The van der Waals surface area contributed by atoms with Crippen LogP contribution < -0.4 is 4.74 Å². The number of aliphatic imine (C=N–C) groups is 1. The van der Waals surface area contributed by atoms with Crippen molar-refractivity contribution in [2.24, 2.45) is 10.1 Å². The normalized spacial score (nSPS) is 17.5. The van der Waals surface area contributed by atoms with Crippen molar-refractivity contribution in [1.29, 1.82) is 5.41 Å². The van der Waals surface area contributed by atoms with Gasteiger partial charge in [-0.3, -0.25) is 10.2 Å². The monoisotopic (exact) mass is 427 g/mol. The molecule has 2 aromatic rings. The number of nitrogens with zero attached hydrogens (tertiary/aromatic N) is 4. The lowest BCUT2D eigenvalue weighted by Gasteiger charge is -2.20. The number of hydrogen-bond acceptors (Lipinski definition) is 5. The zero-order valence-electron chi connectivity index (χ0n) is 15.8. The molecule has 29 heavy (non-hydrogen) atoms. The van der Waals surface area contributed by atoms with Crippen molar-refractivity contribution in [3.63, 3.8) is 0 Å². The van der Waals surface area contributed by atoms with Crippen molar-refractivity contribution in [3.8, 4) is 11.4 Å². The van der Waals surface area contributed by atoms with Crippen molar-refractivity contribution in [2.45, 2.75) is 19.8 Å². The van der Waals surface area contributed by atoms with Crippen molar-refractivity contribution in [1.82, 2.24) is 9.58 Å². The number of benzene rings is 1. The fraction of sp³-hybridized carbons (Fsp3) is 0.200. The molecule has 0 unspecified atom stereocenters. The van der Waals surface area contributed by atoms with Crippen LogP contribution in [0.15, 0.2) is 52.2 Å². The summed E-state index contributed by atoms with van der Waals surface area (Å²) < 4.78 is 7.08. The summed E-state index contributed by atoms with van der Waals surface area (Å²) in [5.41, 5.74) is 1.73. The van der Waals surface area contributed by atoms with E-state index in [4.69, 9.17) is 21.7 Å². The second kappa shape index (κ2) is 7.88. The molecule has 0 fully saturated rings. The predicted molar refractivity (Wildman–Crippen MR) is 117 cm³/mol. The van der Waals surface area contributed by atoms with Gasteiger partial charge in [0.1, 0.15) is 10.8 Å². The number of carbonyl (C=O) groups excluding carboxylic acids is 1. The molecule has 2 aliphatic heterocycles. The maximum Gasteiger partial charge on any atom is 0.283 e. The highest BCUT2D eigenvalue weighted by Gasteiger charge is 2.35. The Morgan fingerprint density at radius 2 is 2.17 bits per heavy atom. The second-order valence-corrected chi connectivity index (χ2v) is 7.83. The van der Waals surface area contributed by atoms with Crippen LogP contribution in [0.2, 0.25) is 5.02 Å². The average molecular weight is 428 g/mol. The molecule has 7 nitrogen and oxygen atoms in total. The van der Waals surface area contributed by atoms with Crippen molar-refractivity contribution >= 4 is 51.4 Å². The Morgan fingerprint density at radius 3 is 2.90 bits per heavy atom. The van der Waals surface area contributed by atoms with Crippen LogP contribution in [-0.2, 0) is 4.79 Å². The van der Waals surface area contributed by atoms with Gasteiger partial charge in [0.05, 0.1) is 17.7 Å². The fourth-order valence-corrected chi connectivity index (χ4v) is 4.28. The molecule has 3 heterocycles. The van der Waals surface area contributed by atoms with Gasteiger partial charge in [-0.2, -0.15) is 15.1 Å². The minimum atomic E-state index is -0.442. The van der Waals surface area contributed by atoms with E-state index in [1.165, 1.54) is 16.8 Å². The van der Waals surface area contributed by atoms with Crippen LogP contribution in [0.3, 0.4) is 0 Å². The summed E-state index contributed by atoms with van der Waals surface area (Å²) in [7, 11) is 1.56. The summed E-state index contributed by atoms with van der Waals surface area (Å²) in [5.74, 6) is 0.169. The highest BCUT2D eigenvalue weighted by atomic mass is 35.5. The molecule has 0 spiro atoms. The van der Waals surface area contributed by atoms with Gasteiger partial charge in [-0.15, -0.1) is 0 Å². The summed E-state index contributed by atoms with van der Waals surface area (Å²) in [6.07, 6.45) is 5.25. The molecule has 4 rings (SSSR count). The van der Waals surface area contributed by atoms with E-state index in [1.807, 2.05) is 29.0 Å². The van der Waals surface area contributed by atoms with Gasteiger partial charge in [-0.05, 0) is 61.0 Å². The van der Waals surface area contributed by atoms with E-state index in [-0.39, 0.29) is 11.4 Å². The standard InChI is InChI=1S/C20H18ClN5O2S/c1-3-5-17-24-26-18(22)14(19(27)23-20(26)29-17)10-12-6-4-9-25(12)13-7-8-16(28-2)15(21)11-13/h4,6-11,22H,3,5H2,1-2H3/b14-10-,22-18?. The Bertz CT molecular complexity index is 1100. The van der Waals surface area contributed by atoms with E-state index in [0.29, 0.717) is 15.9 Å². The third-order valence-electron chi connectivity index (χ3n) is 4.45. The maximum absolute atomic E-state index is 12.6. The van der Waals surface area contributed by atoms with Crippen LogP contribution in [-0.4, -0.2) is 38.6 Å². The Kier molecular flexibility index (Phi) is 5.29. The Hall–Kier alpha value is -2.84. The molecule has 0 atom stereocenters. The van der Waals surface area contributed by atoms with Gasteiger partial charge in [-0.1, -0.05) is 18.5 Å². The summed E-state index contributed by atoms with van der Waals surface area (Å²) in [4.78, 5) is 16.7. The molecule has 1 aromatic carbocycles.